The molecule has 1 aliphatic heterocycles. The van der Waals surface area contributed by atoms with Crippen LogP contribution in [0.2, 0.25) is 0 Å². The van der Waals surface area contributed by atoms with E-state index in [1.165, 1.54) is 45.2 Å². The van der Waals surface area contributed by atoms with Crippen molar-refractivity contribution in [2.24, 2.45) is 10.9 Å². The molecule has 140 valence electrons. The minimum atomic E-state index is 0.486. The largest absolute Gasteiger partial charge is 0.359 e. The summed E-state index contributed by atoms with van der Waals surface area (Å²) >= 11 is 0. The van der Waals surface area contributed by atoms with E-state index in [1.54, 1.807) is 0 Å². The standard InChI is InChI=1S/C19H33N5O/c1-3-16-11-18(25-23-16)12-21-19(20-4-2)22-17-9-10-24(14-17)13-15-7-5-6-8-15/h11,15,17H,3-10,12-14H2,1-2H3,(H2,20,21,22). The molecular formula is C19H33N5O. The first kappa shape index (κ1) is 18.2. The molecule has 2 N–H and O–H groups in total. The molecule has 1 saturated carbocycles. The van der Waals surface area contributed by atoms with Crippen LogP contribution in [0.25, 0.3) is 0 Å². The molecule has 2 aliphatic rings. The van der Waals surface area contributed by atoms with Gasteiger partial charge < -0.3 is 20.1 Å². The van der Waals surface area contributed by atoms with Crippen molar-refractivity contribution in [3.8, 4) is 0 Å². The van der Waals surface area contributed by atoms with Gasteiger partial charge in [-0.3, -0.25) is 0 Å². The minimum absolute atomic E-state index is 0.486. The van der Waals surface area contributed by atoms with Crippen molar-refractivity contribution in [1.29, 1.82) is 0 Å². The predicted octanol–water partition coefficient (Wildman–Crippen LogP) is 2.56. The van der Waals surface area contributed by atoms with Gasteiger partial charge >= 0.3 is 0 Å². The summed E-state index contributed by atoms with van der Waals surface area (Å²) in [6, 6.07) is 2.48. The highest BCUT2D eigenvalue weighted by molar-refractivity contribution is 5.80. The molecule has 1 aromatic rings. The first-order valence-corrected chi connectivity index (χ1v) is 9.98. The average Bonchev–Trinajstić information content (AvgIpc) is 3.35. The number of guanidine groups is 1. The van der Waals surface area contributed by atoms with Crippen molar-refractivity contribution in [2.75, 3.05) is 26.2 Å². The van der Waals surface area contributed by atoms with Gasteiger partial charge in [0, 0.05) is 38.3 Å². The Kier molecular flexibility index (Phi) is 6.73. The van der Waals surface area contributed by atoms with Gasteiger partial charge in [-0.1, -0.05) is 24.9 Å². The number of aliphatic imine (C=N–C) groups is 1. The highest BCUT2D eigenvalue weighted by atomic mass is 16.5. The Morgan fingerprint density at radius 3 is 2.88 bits per heavy atom. The van der Waals surface area contributed by atoms with Gasteiger partial charge in [0.2, 0.25) is 0 Å². The van der Waals surface area contributed by atoms with Crippen LogP contribution in [0.5, 0.6) is 0 Å². The van der Waals surface area contributed by atoms with E-state index in [2.05, 4.69) is 39.5 Å². The second-order valence-corrected chi connectivity index (χ2v) is 7.37. The second-order valence-electron chi connectivity index (χ2n) is 7.37. The molecule has 0 radical (unpaired) electrons. The summed E-state index contributed by atoms with van der Waals surface area (Å²) in [5.74, 6) is 2.63. The fraction of sp³-hybridized carbons (Fsp3) is 0.789. The van der Waals surface area contributed by atoms with Crippen molar-refractivity contribution in [3.05, 3.63) is 17.5 Å². The summed E-state index contributed by atoms with van der Waals surface area (Å²) < 4.78 is 5.32. The Bertz CT molecular complexity index is 550. The van der Waals surface area contributed by atoms with E-state index in [0.29, 0.717) is 12.6 Å². The van der Waals surface area contributed by atoms with Crippen LogP contribution in [-0.4, -0.2) is 48.2 Å². The molecular weight excluding hydrogens is 314 g/mol. The molecule has 1 aromatic heterocycles. The Balaban J connectivity index is 1.48. The molecule has 3 rings (SSSR count). The highest BCUT2D eigenvalue weighted by Crippen LogP contribution is 2.26. The molecule has 2 heterocycles. The average molecular weight is 348 g/mol. The summed E-state index contributed by atoms with van der Waals surface area (Å²) in [5, 5.41) is 11.0. The fourth-order valence-electron chi connectivity index (χ4n) is 3.94. The predicted molar refractivity (Wildman–Crippen MR) is 101 cm³/mol. The maximum Gasteiger partial charge on any atom is 0.191 e. The van der Waals surface area contributed by atoms with E-state index in [1.807, 2.05) is 6.07 Å². The smallest absolute Gasteiger partial charge is 0.191 e. The van der Waals surface area contributed by atoms with Gasteiger partial charge in [0.15, 0.2) is 11.7 Å². The van der Waals surface area contributed by atoms with Crippen LogP contribution in [0, 0.1) is 5.92 Å². The van der Waals surface area contributed by atoms with Crippen molar-refractivity contribution in [2.45, 2.75) is 65.0 Å². The van der Waals surface area contributed by atoms with E-state index in [4.69, 9.17) is 4.52 Å². The van der Waals surface area contributed by atoms with Gasteiger partial charge in [-0.15, -0.1) is 0 Å². The molecule has 1 saturated heterocycles. The van der Waals surface area contributed by atoms with Crippen LogP contribution >= 0.6 is 0 Å². The van der Waals surface area contributed by atoms with E-state index in [-0.39, 0.29) is 0 Å². The lowest BCUT2D eigenvalue weighted by atomic mass is 10.1. The fourth-order valence-corrected chi connectivity index (χ4v) is 3.94. The van der Waals surface area contributed by atoms with Crippen molar-refractivity contribution < 1.29 is 4.52 Å². The molecule has 6 heteroatoms. The van der Waals surface area contributed by atoms with Gasteiger partial charge in [0.25, 0.3) is 0 Å². The lowest BCUT2D eigenvalue weighted by Crippen LogP contribution is -2.44. The third-order valence-corrected chi connectivity index (χ3v) is 5.31. The third kappa shape index (κ3) is 5.46. The monoisotopic (exact) mass is 347 g/mol. The SMILES string of the molecule is CCNC(=NCc1cc(CC)no1)NC1CCN(CC2CCCC2)C1. The summed E-state index contributed by atoms with van der Waals surface area (Å²) in [4.78, 5) is 7.29. The van der Waals surface area contributed by atoms with E-state index in [0.717, 1.165) is 42.8 Å². The zero-order chi connectivity index (χ0) is 17.5. The maximum absolute atomic E-state index is 5.32. The summed E-state index contributed by atoms with van der Waals surface area (Å²) in [7, 11) is 0. The molecule has 1 unspecified atom stereocenters. The molecule has 6 nitrogen and oxygen atoms in total. The maximum atomic E-state index is 5.32. The lowest BCUT2D eigenvalue weighted by molar-refractivity contribution is 0.275. The number of hydrogen-bond donors (Lipinski definition) is 2. The molecule has 0 bridgehead atoms. The normalized spacial score (nSPS) is 22.6. The van der Waals surface area contributed by atoms with E-state index >= 15 is 0 Å². The zero-order valence-electron chi connectivity index (χ0n) is 15.8. The van der Waals surface area contributed by atoms with Gasteiger partial charge in [0.05, 0.1) is 5.69 Å². The Morgan fingerprint density at radius 1 is 1.32 bits per heavy atom. The van der Waals surface area contributed by atoms with Crippen molar-refractivity contribution in [3.63, 3.8) is 0 Å². The van der Waals surface area contributed by atoms with Crippen molar-refractivity contribution in [1.82, 2.24) is 20.7 Å². The molecule has 25 heavy (non-hydrogen) atoms. The summed E-state index contributed by atoms with van der Waals surface area (Å²) in [6.07, 6.45) is 7.80. The van der Waals surface area contributed by atoms with E-state index < -0.39 is 0 Å². The Morgan fingerprint density at radius 2 is 2.16 bits per heavy atom. The molecule has 0 spiro atoms. The molecule has 0 aromatic carbocycles. The van der Waals surface area contributed by atoms with Crippen LogP contribution in [0.3, 0.4) is 0 Å². The highest BCUT2D eigenvalue weighted by Gasteiger charge is 2.26. The van der Waals surface area contributed by atoms with Gasteiger partial charge in [-0.05, 0) is 38.5 Å². The first-order valence-electron chi connectivity index (χ1n) is 9.98. The third-order valence-electron chi connectivity index (χ3n) is 5.31. The topological polar surface area (TPSA) is 65.7 Å². The van der Waals surface area contributed by atoms with Crippen molar-refractivity contribution >= 4 is 5.96 Å². The lowest BCUT2D eigenvalue weighted by Gasteiger charge is -2.21. The number of nitrogens with zero attached hydrogens (tertiary/aromatic N) is 3. The number of nitrogens with one attached hydrogen (secondary N) is 2. The van der Waals surface area contributed by atoms with E-state index in [9.17, 15) is 0 Å². The van der Waals surface area contributed by atoms with Gasteiger partial charge in [-0.25, -0.2) is 4.99 Å². The Labute approximate surface area is 151 Å². The molecule has 2 fully saturated rings. The second kappa shape index (κ2) is 9.22. The molecule has 1 atom stereocenters. The van der Waals surface area contributed by atoms with Gasteiger partial charge in [-0.2, -0.15) is 0 Å². The number of rotatable bonds is 7. The van der Waals surface area contributed by atoms with Crippen LogP contribution in [0.4, 0.5) is 0 Å². The molecule has 1 aliphatic carbocycles. The van der Waals surface area contributed by atoms with Crippen LogP contribution in [-0.2, 0) is 13.0 Å². The number of aromatic nitrogens is 1. The van der Waals surface area contributed by atoms with Crippen LogP contribution < -0.4 is 10.6 Å². The molecule has 0 amide bonds. The minimum Gasteiger partial charge on any atom is -0.359 e. The zero-order valence-corrected chi connectivity index (χ0v) is 15.8. The van der Waals surface area contributed by atoms with Crippen LogP contribution in [0.1, 0.15) is 57.4 Å². The Hall–Kier alpha value is -1.56. The quantitative estimate of drug-likeness (QED) is 0.586. The summed E-state index contributed by atoms with van der Waals surface area (Å²) in [6.45, 7) is 9.18. The van der Waals surface area contributed by atoms with Crippen LogP contribution in [0.15, 0.2) is 15.6 Å². The number of likely N-dealkylation sites (tertiary alicyclic amines) is 1. The number of aryl methyl sites for hydroxylation is 1. The number of hydrogen-bond acceptors (Lipinski definition) is 4. The first-order chi connectivity index (χ1) is 12.3. The summed E-state index contributed by atoms with van der Waals surface area (Å²) in [5.41, 5.74) is 0.988. The van der Waals surface area contributed by atoms with Gasteiger partial charge in [0.1, 0.15) is 6.54 Å².